The molecule has 0 bridgehead atoms. The molecule has 0 aromatic carbocycles. The van der Waals surface area contributed by atoms with Gasteiger partial charge in [-0.25, -0.2) is 0 Å². The number of rotatable bonds is 6. The largest absolute Gasteiger partial charge is 0.364 e. The first-order valence-electron chi connectivity index (χ1n) is 3.90. The third-order valence-corrected chi connectivity index (χ3v) is 1.67. The summed E-state index contributed by atoms with van der Waals surface area (Å²) in [6.45, 7) is 6.21. The average molecular weight is 252 g/mol. The Morgan fingerprint density at radius 3 is 2.45 bits per heavy atom. The van der Waals surface area contributed by atoms with E-state index in [0.717, 1.165) is 19.6 Å². The fraction of sp³-hybridized carbons (Fsp3) is 1.00. The normalized spacial score (nSPS) is 12.3. The quantitative estimate of drug-likeness (QED) is 0.724. The van der Waals surface area contributed by atoms with Crippen molar-refractivity contribution in [3.05, 3.63) is 0 Å². The van der Waals surface area contributed by atoms with Crippen LogP contribution in [0.5, 0.6) is 0 Å². The van der Waals surface area contributed by atoms with Crippen molar-refractivity contribution in [1.29, 1.82) is 0 Å². The third-order valence-electron chi connectivity index (χ3n) is 1.47. The van der Waals surface area contributed by atoms with Crippen molar-refractivity contribution >= 4 is 9.47 Å². The predicted octanol–water partition coefficient (Wildman–Crippen LogP) is 1.57. The van der Waals surface area contributed by atoms with Crippen molar-refractivity contribution in [2.75, 3.05) is 13.2 Å². The molecule has 1 N–H and O–H groups in total. The summed E-state index contributed by atoms with van der Waals surface area (Å²) in [7, 11) is 2.28. The molecular formula is C7H18NOPY. The minimum Gasteiger partial charge on any atom is -0.364 e. The molecular weight excluding hydrogens is 234 g/mol. The van der Waals surface area contributed by atoms with Gasteiger partial charge in [-0.3, -0.25) is 0 Å². The number of hydrogen-bond donors (Lipinski definition) is 1. The van der Waals surface area contributed by atoms with Crippen molar-refractivity contribution < 1.29 is 37.2 Å². The van der Waals surface area contributed by atoms with E-state index in [1.807, 2.05) is 0 Å². The molecule has 1 radical (unpaired) electrons. The summed E-state index contributed by atoms with van der Waals surface area (Å²) >= 11 is 0. The van der Waals surface area contributed by atoms with Crippen molar-refractivity contribution in [2.24, 2.45) is 0 Å². The summed E-state index contributed by atoms with van der Waals surface area (Å²) in [5.74, 6) is 0. The standard InChI is InChI=1S/C7H18NOP.Y/c1-3-5-8-7(4-2)6-9-10;/h7-8H,3-6,10H2,1-2H3;/t7-;/m0./s1. The SMILES string of the molecule is CCCN[C@@H](CC)COP.[Y]. The van der Waals surface area contributed by atoms with E-state index in [-0.39, 0.29) is 32.7 Å². The number of hydrogen-bond acceptors (Lipinski definition) is 2. The summed E-state index contributed by atoms with van der Waals surface area (Å²) in [6.07, 6.45) is 2.32. The monoisotopic (exact) mass is 252 g/mol. The maximum absolute atomic E-state index is 4.95. The second-order valence-corrected chi connectivity index (χ2v) is 2.73. The van der Waals surface area contributed by atoms with E-state index < -0.39 is 0 Å². The van der Waals surface area contributed by atoms with Crippen LogP contribution in [0.1, 0.15) is 26.7 Å². The predicted molar refractivity (Wildman–Crippen MR) is 48.0 cm³/mol. The Balaban J connectivity index is 0. The molecule has 2 atom stereocenters. The Morgan fingerprint density at radius 2 is 2.09 bits per heavy atom. The first kappa shape index (κ1) is 15.0. The van der Waals surface area contributed by atoms with Crippen LogP contribution in [-0.2, 0) is 37.2 Å². The van der Waals surface area contributed by atoms with Gasteiger partial charge in [0.2, 0.25) is 0 Å². The Hall–Kier alpha value is 1.45. The van der Waals surface area contributed by atoms with Gasteiger partial charge in [0.05, 0.1) is 6.61 Å². The molecule has 0 rings (SSSR count). The Kier molecular flexibility index (Phi) is 15.6. The molecule has 0 spiro atoms. The van der Waals surface area contributed by atoms with Crippen LogP contribution in [-0.4, -0.2) is 19.2 Å². The summed E-state index contributed by atoms with van der Waals surface area (Å²) in [6, 6.07) is 0.525. The van der Waals surface area contributed by atoms with Crippen molar-refractivity contribution in [1.82, 2.24) is 5.32 Å². The van der Waals surface area contributed by atoms with E-state index in [1.165, 1.54) is 6.42 Å². The summed E-state index contributed by atoms with van der Waals surface area (Å²) in [4.78, 5) is 0. The van der Waals surface area contributed by atoms with Gasteiger partial charge in [-0.05, 0) is 19.4 Å². The van der Waals surface area contributed by atoms with Gasteiger partial charge in [-0.2, -0.15) is 0 Å². The molecule has 11 heavy (non-hydrogen) atoms. The fourth-order valence-electron chi connectivity index (χ4n) is 0.786. The molecule has 0 saturated carbocycles. The fourth-order valence-corrected chi connectivity index (χ4v) is 1.02. The maximum Gasteiger partial charge on any atom is 0.0655 e. The van der Waals surface area contributed by atoms with Crippen LogP contribution in [0.2, 0.25) is 0 Å². The van der Waals surface area contributed by atoms with Crippen LogP contribution in [0.4, 0.5) is 0 Å². The zero-order chi connectivity index (χ0) is 7.82. The first-order valence-corrected chi connectivity index (χ1v) is 4.37. The molecule has 0 saturated heterocycles. The third kappa shape index (κ3) is 9.37. The second-order valence-electron chi connectivity index (χ2n) is 2.39. The molecule has 0 fully saturated rings. The van der Waals surface area contributed by atoms with Gasteiger partial charge in [-0.15, -0.1) is 0 Å². The maximum atomic E-state index is 4.95. The van der Waals surface area contributed by atoms with Gasteiger partial charge in [0.15, 0.2) is 0 Å². The minimum absolute atomic E-state index is 0. The van der Waals surface area contributed by atoms with Crippen LogP contribution in [0.15, 0.2) is 0 Å². The molecule has 0 aromatic rings. The summed E-state index contributed by atoms with van der Waals surface area (Å²) < 4.78 is 4.95. The molecule has 2 nitrogen and oxygen atoms in total. The van der Waals surface area contributed by atoms with E-state index in [4.69, 9.17) is 4.52 Å². The van der Waals surface area contributed by atoms with E-state index >= 15 is 0 Å². The molecule has 0 aliphatic carbocycles. The van der Waals surface area contributed by atoms with E-state index in [2.05, 4.69) is 28.6 Å². The molecule has 65 valence electrons. The number of nitrogens with one attached hydrogen (secondary N) is 1. The zero-order valence-corrected chi connectivity index (χ0v) is 11.5. The second kappa shape index (κ2) is 11.5. The van der Waals surface area contributed by atoms with Gasteiger partial charge in [0.25, 0.3) is 0 Å². The molecule has 4 heteroatoms. The van der Waals surface area contributed by atoms with Crippen LogP contribution in [0.3, 0.4) is 0 Å². The van der Waals surface area contributed by atoms with Crippen LogP contribution < -0.4 is 5.32 Å². The Bertz CT molecular complexity index is 75.5. The average Bonchev–Trinajstić information content (AvgIpc) is 1.98. The van der Waals surface area contributed by atoms with Crippen molar-refractivity contribution in [3.8, 4) is 0 Å². The Morgan fingerprint density at radius 1 is 1.45 bits per heavy atom. The smallest absolute Gasteiger partial charge is 0.0655 e. The van der Waals surface area contributed by atoms with E-state index in [0.29, 0.717) is 6.04 Å². The van der Waals surface area contributed by atoms with Crippen molar-refractivity contribution in [2.45, 2.75) is 32.7 Å². The molecule has 0 aliphatic rings. The van der Waals surface area contributed by atoms with E-state index in [9.17, 15) is 0 Å². The van der Waals surface area contributed by atoms with Gasteiger partial charge in [-0.1, -0.05) is 13.8 Å². The molecule has 0 heterocycles. The Labute approximate surface area is 97.4 Å². The minimum atomic E-state index is 0. The van der Waals surface area contributed by atoms with Gasteiger partial charge >= 0.3 is 0 Å². The topological polar surface area (TPSA) is 21.3 Å². The summed E-state index contributed by atoms with van der Waals surface area (Å²) in [5, 5.41) is 3.38. The molecule has 0 aliphatic heterocycles. The van der Waals surface area contributed by atoms with Gasteiger partial charge < -0.3 is 9.84 Å². The molecule has 0 amide bonds. The van der Waals surface area contributed by atoms with Crippen molar-refractivity contribution in [3.63, 3.8) is 0 Å². The van der Waals surface area contributed by atoms with Gasteiger partial charge in [0, 0.05) is 48.2 Å². The van der Waals surface area contributed by atoms with Gasteiger partial charge in [0.1, 0.15) is 0 Å². The van der Waals surface area contributed by atoms with Crippen LogP contribution in [0.25, 0.3) is 0 Å². The zero-order valence-electron chi connectivity index (χ0n) is 7.47. The molecule has 1 unspecified atom stereocenters. The first-order chi connectivity index (χ1) is 4.85. The van der Waals surface area contributed by atoms with Crippen LogP contribution in [0, 0.1) is 0 Å². The van der Waals surface area contributed by atoms with Crippen LogP contribution >= 0.6 is 9.47 Å². The molecule has 0 aromatic heterocycles. The van der Waals surface area contributed by atoms with E-state index in [1.54, 1.807) is 0 Å². The summed E-state index contributed by atoms with van der Waals surface area (Å²) in [5.41, 5.74) is 0.